The standard InChI is InChI=1S/C21H23N3O4S/c1-5-18(19(25)22-15-7-6-13(2)14(3)12-15)29-20-21(26)28-23-24(20)16-8-10-17(27-4)11-9-16/h6-12,18H,5H2,1-4H3,(H-,22,23,25,26)/p+1. The van der Waals surface area contributed by atoms with E-state index < -0.39 is 10.9 Å². The maximum Gasteiger partial charge on any atom is 0.442 e. The number of ether oxygens (including phenoxy) is 1. The second kappa shape index (κ2) is 9.00. The van der Waals surface area contributed by atoms with E-state index in [1.807, 2.05) is 39.0 Å². The van der Waals surface area contributed by atoms with Gasteiger partial charge in [-0.05, 0) is 77.4 Å². The SMILES string of the molecule is CCC(Sc1c(=O)o[nH][n+]1-c1ccc(OC)cc1)C(=O)Nc1ccc(C)c(C)c1. The highest BCUT2D eigenvalue weighted by atomic mass is 32.2. The van der Waals surface area contributed by atoms with E-state index in [1.165, 1.54) is 16.4 Å². The van der Waals surface area contributed by atoms with E-state index in [0.29, 0.717) is 22.9 Å². The molecule has 8 heteroatoms. The monoisotopic (exact) mass is 414 g/mol. The molecule has 3 aromatic rings. The molecule has 0 aliphatic carbocycles. The summed E-state index contributed by atoms with van der Waals surface area (Å²) in [5.74, 6) is 0.538. The molecule has 0 aliphatic heterocycles. The first-order chi connectivity index (χ1) is 13.9. The Labute approximate surface area is 173 Å². The molecule has 152 valence electrons. The van der Waals surface area contributed by atoms with Crippen LogP contribution in [0.4, 0.5) is 5.69 Å². The number of hydrogen-bond donors (Lipinski definition) is 2. The number of anilines is 1. The summed E-state index contributed by atoms with van der Waals surface area (Å²) in [7, 11) is 1.59. The molecule has 0 spiro atoms. The highest BCUT2D eigenvalue weighted by molar-refractivity contribution is 8.00. The molecular weight excluding hydrogens is 390 g/mol. The first-order valence-corrected chi connectivity index (χ1v) is 10.1. The number of amides is 1. The van der Waals surface area contributed by atoms with Crippen LogP contribution in [-0.2, 0) is 4.79 Å². The highest BCUT2D eigenvalue weighted by Gasteiger charge is 2.30. The zero-order valence-corrected chi connectivity index (χ0v) is 17.6. The quantitative estimate of drug-likeness (QED) is 0.457. The Morgan fingerprint density at radius 3 is 2.55 bits per heavy atom. The van der Waals surface area contributed by atoms with Gasteiger partial charge in [-0.3, -0.25) is 9.32 Å². The molecule has 1 atom stereocenters. The van der Waals surface area contributed by atoms with Crippen molar-refractivity contribution >= 4 is 23.4 Å². The van der Waals surface area contributed by atoms with Gasteiger partial charge in [0.2, 0.25) is 11.6 Å². The van der Waals surface area contributed by atoms with Crippen LogP contribution >= 0.6 is 11.8 Å². The number of hydrogen-bond acceptors (Lipinski definition) is 5. The second-order valence-electron chi connectivity index (χ2n) is 6.62. The van der Waals surface area contributed by atoms with Crippen LogP contribution < -0.4 is 20.4 Å². The van der Waals surface area contributed by atoms with E-state index in [0.717, 1.165) is 16.8 Å². The normalized spacial score (nSPS) is 11.9. The minimum atomic E-state index is -0.525. The second-order valence-corrected chi connectivity index (χ2v) is 7.81. The van der Waals surface area contributed by atoms with Crippen molar-refractivity contribution in [2.24, 2.45) is 0 Å². The number of aromatic amines is 1. The van der Waals surface area contributed by atoms with Crippen molar-refractivity contribution in [2.45, 2.75) is 37.5 Å². The molecule has 7 nitrogen and oxygen atoms in total. The number of aromatic nitrogens is 2. The number of carbonyl (C=O) groups is 1. The zero-order valence-electron chi connectivity index (χ0n) is 16.8. The van der Waals surface area contributed by atoms with Crippen LogP contribution in [-0.4, -0.2) is 23.5 Å². The molecule has 0 bridgehead atoms. The number of methoxy groups -OCH3 is 1. The predicted octanol–water partition coefficient (Wildman–Crippen LogP) is 3.38. The summed E-state index contributed by atoms with van der Waals surface area (Å²) in [5, 5.41) is 5.38. The van der Waals surface area contributed by atoms with Gasteiger partial charge in [0.25, 0.3) is 0 Å². The molecular formula is C21H24N3O4S+. The summed E-state index contributed by atoms with van der Waals surface area (Å²) >= 11 is 1.17. The Morgan fingerprint density at radius 2 is 1.93 bits per heavy atom. The summed E-state index contributed by atoms with van der Waals surface area (Å²) in [6.07, 6.45) is 0.550. The van der Waals surface area contributed by atoms with Gasteiger partial charge in [0.15, 0.2) is 0 Å². The summed E-state index contributed by atoms with van der Waals surface area (Å²) < 4.78 is 11.7. The summed E-state index contributed by atoms with van der Waals surface area (Å²) in [5.41, 5.74) is 3.18. The largest absolute Gasteiger partial charge is 0.497 e. The smallest absolute Gasteiger partial charge is 0.442 e. The first-order valence-electron chi connectivity index (χ1n) is 9.25. The molecule has 1 aromatic heterocycles. The van der Waals surface area contributed by atoms with Gasteiger partial charge in [0, 0.05) is 17.8 Å². The number of nitrogens with one attached hydrogen (secondary N) is 2. The fourth-order valence-corrected chi connectivity index (χ4v) is 3.75. The van der Waals surface area contributed by atoms with Gasteiger partial charge in [-0.2, -0.15) is 0 Å². The van der Waals surface area contributed by atoms with Gasteiger partial charge in [-0.15, -0.1) is 0 Å². The fourth-order valence-electron chi connectivity index (χ4n) is 2.76. The van der Waals surface area contributed by atoms with Gasteiger partial charge >= 0.3 is 10.7 Å². The van der Waals surface area contributed by atoms with Gasteiger partial charge in [0.05, 0.1) is 12.4 Å². The van der Waals surface area contributed by atoms with E-state index in [1.54, 1.807) is 31.4 Å². The first kappa shape index (κ1) is 20.7. The van der Waals surface area contributed by atoms with Crippen molar-refractivity contribution in [3.63, 3.8) is 0 Å². The van der Waals surface area contributed by atoms with E-state index in [4.69, 9.17) is 9.26 Å². The molecule has 0 radical (unpaired) electrons. The molecule has 1 heterocycles. The van der Waals surface area contributed by atoms with Crippen LogP contribution in [0.3, 0.4) is 0 Å². The van der Waals surface area contributed by atoms with Crippen LogP contribution in [0, 0.1) is 13.8 Å². The Morgan fingerprint density at radius 1 is 1.21 bits per heavy atom. The van der Waals surface area contributed by atoms with Gasteiger partial charge in [0.1, 0.15) is 5.75 Å². The van der Waals surface area contributed by atoms with Gasteiger partial charge < -0.3 is 10.1 Å². The van der Waals surface area contributed by atoms with E-state index >= 15 is 0 Å². The molecule has 29 heavy (non-hydrogen) atoms. The van der Waals surface area contributed by atoms with Crippen LogP contribution in [0.25, 0.3) is 5.69 Å². The van der Waals surface area contributed by atoms with Crippen molar-refractivity contribution in [1.82, 2.24) is 5.27 Å². The zero-order chi connectivity index (χ0) is 21.0. The Bertz CT molecular complexity index is 1060. The number of nitrogens with zero attached hydrogens (tertiary/aromatic N) is 1. The third-order valence-electron chi connectivity index (χ3n) is 4.63. The minimum absolute atomic E-state index is 0.164. The Kier molecular flexibility index (Phi) is 6.43. The predicted molar refractivity (Wildman–Crippen MR) is 112 cm³/mol. The van der Waals surface area contributed by atoms with Crippen molar-refractivity contribution in [3.8, 4) is 11.4 Å². The van der Waals surface area contributed by atoms with Gasteiger partial charge in [-0.1, -0.05) is 13.0 Å². The lowest BCUT2D eigenvalue weighted by Gasteiger charge is -2.13. The third kappa shape index (κ3) is 4.71. The molecule has 2 N–H and O–H groups in total. The lowest BCUT2D eigenvalue weighted by atomic mass is 10.1. The Hall–Kier alpha value is -3.00. The average Bonchev–Trinajstić information content (AvgIpc) is 3.09. The van der Waals surface area contributed by atoms with Crippen LogP contribution in [0.2, 0.25) is 0 Å². The average molecular weight is 415 g/mol. The fraction of sp³-hybridized carbons (Fsp3) is 0.286. The van der Waals surface area contributed by atoms with Crippen molar-refractivity contribution < 1.29 is 18.7 Å². The number of benzene rings is 2. The summed E-state index contributed by atoms with van der Waals surface area (Å²) in [6.45, 7) is 5.93. The maximum atomic E-state index is 12.8. The van der Waals surface area contributed by atoms with Crippen LogP contribution in [0.15, 0.2) is 56.8 Å². The number of carbonyl (C=O) groups excluding carboxylic acids is 1. The summed E-state index contributed by atoms with van der Waals surface area (Å²) in [4.78, 5) is 25.1. The van der Waals surface area contributed by atoms with Crippen molar-refractivity contribution in [2.75, 3.05) is 12.4 Å². The lowest BCUT2D eigenvalue weighted by molar-refractivity contribution is -0.704. The number of rotatable bonds is 7. The topological polar surface area (TPSA) is 88.2 Å². The molecule has 0 saturated carbocycles. The molecule has 0 aliphatic rings. The van der Waals surface area contributed by atoms with Crippen LogP contribution in [0.1, 0.15) is 24.5 Å². The van der Waals surface area contributed by atoms with Crippen molar-refractivity contribution in [3.05, 3.63) is 64.0 Å². The molecule has 1 amide bonds. The Balaban J connectivity index is 1.81. The van der Waals surface area contributed by atoms with E-state index in [9.17, 15) is 9.59 Å². The number of thioether (sulfide) groups is 1. The molecule has 1 unspecified atom stereocenters. The minimum Gasteiger partial charge on any atom is -0.497 e. The van der Waals surface area contributed by atoms with E-state index in [-0.39, 0.29) is 5.91 Å². The molecule has 2 aromatic carbocycles. The van der Waals surface area contributed by atoms with E-state index in [2.05, 4.69) is 10.6 Å². The van der Waals surface area contributed by atoms with Gasteiger partial charge in [-0.25, -0.2) is 4.79 Å². The number of aryl methyl sites for hydroxylation is 2. The molecule has 3 rings (SSSR count). The van der Waals surface area contributed by atoms with Crippen LogP contribution in [0.5, 0.6) is 5.75 Å². The third-order valence-corrected chi connectivity index (χ3v) is 6.03. The maximum absolute atomic E-state index is 12.8. The molecule has 0 fully saturated rings. The summed E-state index contributed by atoms with van der Waals surface area (Å²) in [6, 6.07) is 12.9. The van der Waals surface area contributed by atoms with Crippen molar-refractivity contribution in [1.29, 1.82) is 0 Å². The lowest BCUT2D eigenvalue weighted by Crippen LogP contribution is -2.37. The molecule has 0 saturated heterocycles. The highest BCUT2D eigenvalue weighted by Crippen LogP contribution is 2.23. The number of H-pyrrole nitrogens is 1.